The molecule has 1 heterocycles. The van der Waals surface area contributed by atoms with Gasteiger partial charge in [0.05, 0.1) is 31.6 Å². The molecule has 1 rings (SSSR count). The van der Waals surface area contributed by atoms with Gasteiger partial charge in [-0.3, -0.25) is 4.79 Å². The van der Waals surface area contributed by atoms with Crippen LogP contribution in [0.15, 0.2) is 0 Å². The Morgan fingerprint density at radius 2 is 2.38 bits per heavy atom. The van der Waals surface area contributed by atoms with Crippen LogP contribution in [-0.4, -0.2) is 50.2 Å². The number of amides is 1. The van der Waals surface area contributed by atoms with Crippen LogP contribution in [0.2, 0.25) is 0 Å². The summed E-state index contributed by atoms with van der Waals surface area (Å²) in [6.07, 6.45) is 0.377. The Morgan fingerprint density at radius 3 is 3.00 bits per heavy atom. The smallest absolute Gasteiger partial charge is 0.229 e. The van der Waals surface area contributed by atoms with Crippen LogP contribution < -0.4 is 5.32 Å². The molecule has 1 aliphatic heterocycles. The quantitative estimate of drug-likeness (QED) is 0.714. The predicted octanol–water partition coefficient (Wildman–Crippen LogP) is -0.0170. The van der Waals surface area contributed by atoms with Gasteiger partial charge in [-0.2, -0.15) is 5.26 Å². The van der Waals surface area contributed by atoms with Crippen molar-refractivity contribution in [2.75, 3.05) is 33.4 Å². The number of carbonyl (C=O) groups excluding carboxylic acids is 1. The number of nitrogens with zero attached hydrogens (tertiary/aromatic N) is 2. The highest BCUT2D eigenvalue weighted by Gasteiger charge is 2.34. The Hall–Kier alpha value is -1.12. The van der Waals surface area contributed by atoms with Gasteiger partial charge in [0.25, 0.3) is 0 Å². The molecule has 1 aliphatic rings. The zero-order valence-corrected chi connectivity index (χ0v) is 9.90. The van der Waals surface area contributed by atoms with Crippen LogP contribution in [0, 0.1) is 17.2 Å². The van der Waals surface area contributed by atoms with Crippen molar-refractivity contribution in [1.82, 2.24) is 10.2 Å². The van der Waals surface area contributed by atoms with Crippen molar-refractivity contribution in [3.63, 3.8) is 0 Å². The van der Waals surface area contributed by atoms with Crippen molar-refractivity contribution in [3.8, 4) is 6.07 Å². The Bertz CT molecular complexity index is 275. The molecule has 1 saturated heterocycles. The topological polar surface area (TPSA) is 65.4 Å². The lowest BCUT2D eigenvalue weighted by Gasteiger charge is -2.23. The summed E-state index contributed by atoms with van der Waals surface area (Å²) in [5.41, 5.74) is 0. The maximum atomic E-state index is 12.0. The van der Waals surface area contributed by atoms with E-state index in [9.17, 15) is 4.79 Å². The fraction of sp³-hybridized carbons (Fsp3) is 0.818. The van der Waals surface area contributed by atoms with E-state index in [1.165, 1.54) is 0 Å². The molecule has 90 valence electrons. The number of nitriles is 1. The minimum absolute atomic E-state index is 0.0682. The summed E-state index contributed by atoms with van der Waals surface area (Å²) in [4.78, 5) is 13.7. The average Bonchev–Trinajstić information content (AvgIpc) is 2.73. The first-order valence-corrected chi connectivity index (χ1v) is 5.63. The second-order valence-electron chi connectivity index (χ2n) is 3.98. The molecule has 0 aliphatic carbocycles. The van der Waals surface area contributed by atoms with Gasteiger partial charge in [-0.1, -0.05) is 6.92 Å². The van der Waals surface area contributed by atoms with Crippen LogP contribution in [0.1, 0.15) is 13.3 Å². The van der Waals surface area contributed by atoms with Crippen LogP contribution in [0.4, 0.5) is 0 Å². The van der Waals surface area contributed by atoms with Crippen LogP contribution in [0.5, 0.6) is 0 Å². The Balaban J connectivity index is 2.48. The maximum absolute atomic E-state index is 12.0. The summed E-state index contributed by atoms with van der Waals surface area (Å²) < 4.78 is 5.32. The summed E-state index contributed by atoms with van der Waals surface area (Å²) >= 11 is 0. The summed E-state index contributed by atoms with van der Waals surface area (Å²) in [5.74, 6) is -0.0395. The van der Waals surface area contributed by atoms with Gasteiger partial charge in [-0.25, -0.2) is 0 Å². The first-order valence-electron chi connectivity index (χ1n) is 5.63. The molecular weight excluding hydrogens is 206 g/mol. The molecule has 0 aromatic carbocycles. The lowest BCUT2D eigenvalue weighted by Crippen LogP contribution is -2.44. The van der Waals surface area contributed by atoms with Gasteiger partial charge >= 0.3 is 0 Å². The molecule has 2 unspecified atom stereocenters. The summed E-state index contributed by atoms with van der Waals surface area (Å²) in [6, 6.07) is 2.15. The van der Waals surface area contributed by atoms with E-state index in [1.807, 2.05) is 13.0 Å². The van der Waals surface area contributed by atoms with Crippen molar-refractivity contribution in [2.45, 2.75) is 19.4 Å². The van der Waals surface area contributed by atoms with Gasteiger partial charge in [0, 0.05) is 19.6 Å². The fourth-order valence-electron chi connectivity index (χ4n) is 1.87. The van der Waals surface area contributed by atoms with Crippen molar-refractivity contribution in [1.29, 1.82) is 5.26 Å². The third kappa shape index (κ3) is 3.19. The molecule has 2 atom stereocenters. The second-order valence-corrected chi connectivity index (χ2v) is 3.98. The molecule has 0 spiro atoms. The average molecular weight is 225 g/mol. The van der Waals surface area contributed by atoms with Crippen LogP contribution >= 0.6 is 0 Å². The molecular formula is C11H19N3O2. The number of nitrogens with one attached hydrogen (secondary N) is 1. The normalized spacial score (nSPS) is 24.1. The molecule has 0 aromatic heterocycles. The summed E-state index contributed by atoms with van der Waals surface area (Å²) in [7, 11) is 1.74. The van der Waals surface area contributed by atoms with E-state index in [-0.39, 0.29) is 17.9 Å². The van der Waals surface area contributed by atoms with Crippen LogP contribution in [0.3, 0.4) is 0 Å². The van der Waals surface area contributed by atoms with E-state index < -0.39 is 0 Å². The number of carbonyl (C=O) groups is 1. The molecule has 0 bridgehead atoms. The standard InChI is InChI=1S/C11H19N3O2/c1-3-13-10-8-16-7-9(10)11(15)14(2)6-4-5-12/h9-10,13H,3-4,6-8H2,1-2H3. The van der Waals surface area contributed by atoms with E-state index in [1.54, 1.807) is 11.9 Å². The summed E-state index contributed by atoms with van der Waals surface area (Å²) in [6.45, 7) is 4.41. The third-order valence-corrected chi connectivity index (χ3v) is 2.80. The number of hydrogen-bond donors (Lipinski definition) is 1. The van der Waals surface area contributed by atoms with E-state index in [0.29, 0.717) is 26.2 Å². The molecule has 0 radical (unpaired) electrons. The fourth-order valence-corrected chi connectivity index (χ4v) is 1.87. The van der Waals surface area contributed by atoms with E-state index in [4.69, 9.17) is 10.00 Å². The van der Waals surface area contributed by atoms with Crippen molar-refractivity contribution in [2.24, 2.45) is 5.92 Å². The molecule has 5 heteroatoms. The molecule has 1 N–H and O–H groups in total. The number of hydrogen-bond acceptors (Lipinski definition) is 4. The molecule has 16 heavy (non-hydrogen) atoms. The molecule has 5 nitrogen and oxygen atoms in total. The van der Waals surface area contributed by atoms with E-state index in [2.05, 4.69) is 5.32 Å². The second kappa shape index (κ2) is 6.46. The van der Waals surface area contributed by atoms with Gasteiger partial charge < -0.3 is 15.0 Å². The molecule has 1 amide bonds. The molecule has 1 fully saturated rings. The number of ether oxygens (including phenoxy) is 1. The monoisotopic (exact) mass is 225 g/mol. The largest absolute Gasteiger partial charge is 0.379 e. The molecule has 0 saturated carbocycles. The highest BCUT2D eigenvalue weighted by molar-refractivity contribution is 5.79. The Labute approximate surface area is 96.4 Å². The Kier molecular flexibility index (Phi) is 5.23. The van der Waals surface area contributed by atoms with Crippen LogP contribution in [-0.2, 0) is 9.53 Å². The van der Waals surface area contributed by atoms with Crippen LogP contribution in [0.25, 0.3) is 0 Å². The molecule has 0 aromatic rings. The Morgan fingerprint density at radius 1 is 1.62 bits per heavy atom. The third-order valence-electron chi connectivity index (χ3n) is 2.80. The zero-order chi connectivity index (χ0) is 12.0. The van der Waals surface area contributed by atoms with E-state index in [0.717, 1.165) is 6.54 Å². The van der Waals surface area contributed by atoms with Gasteiger partial charge in [-0.05, 0) is 6.54 Å². The number of likely N-dealkylation sites (N-methyl/N-ethyl adjacent to an activating group) is 1. The highest BCUT2D eigenvalue weighted by Crippen LogP contribution is 2.16. The van der Waals surface area contributed by atoms with Gasteiger partial charge in [-0.15, -0.1) is 0 Å². The van der Waals surface area contributed by atoms with E-state index >= 15 is 0 Å². The first-order chi connectivity index (χ1) is 7.70. The highest BCUT2D eigenvalue weighted by atomic mass is 16.5. The van der Waals surface area contributed by atoms with Crippen molar-refractivity contribution in [3.05, 3.63) is 0 Å². The minimum Gasteiger partial charge on any atom is -0.379 e. The summed E-state index contributed by atoms with van der Waals surface area (Å²) in [5, 5.41) is 11.7. The zero-order valence-electron chi connectivity index (χ0n) is 9.90. The predicted molar refractivity (Wildman–Crippen MR) is 59.6 cm³/mol. The number of rotatable bonds is 5. The van der Waals surface area contributed by atoms with Gasteiger partial charge in [0.15, 0.2) is 0 Å². The van der Waals surface area contributed by atoms with Gasteiger partial charge in [0.1, 0.15) is 0 Å². The maximum Gasteiger partial charge on any atom is 0.229 e. The SMILES string of the molecule is CCNC1COCC1C(=O)N(C)CCC#N. The lowest BCUT2D eigenvalue weighted by atomic mass is 10.0. The minimum atomic E-state index is -0.108. The first kappa shape index (κ1) is 12.9. The lowest BCUT2D eigenvalue weighted by molar-refractivity contribution is -0.134. The van der Waals surface area contributed by atoms with Crippen molar-refractivity contribution >= 4 is 5.91 Å². The van der Waals surface area contributed by atoms with Gasteiger partial charge in [0.2, 0.25) is 5.91 Å². The van der Waals surface area contributed by atoms with Crippen molar-refractivity contribution < 1.29 is 9.53 Å².